The molecule has 0 bridgehead atoms. The molecule has 0 aliphatic rings. The van der Waals surface area contributed by atoms with Crippen molar-refractivity contribution in [1.29, 1.82) is 0 Å². The van der Waals surface area contributed by atoms with Gasteiger partial charge >= 0.3 is 0 Å². The highest BCUT2D eigenvalue weighted by Crippen LogP contribution is 2.37. The Morgan fingerprint density at radius 3 is 1.73 bits per heavy atom. The van der Waals surface area contributed by atoms with Gasteiger partial charge in [-0.3, -0.25) is 9.97 Å². The van der Waals surface area contributed by atoms with E-state index in [-0.39, 0.29) is 0 Å². The molecule has 0 fully saturated rings. The Morgan fingerprint density at radius 2 is 1.05 bits per heavy atom. The molecule has 0 saturated heterocycles. The Hall–Kier alpha value is -5.80. The largest absolute Gasteiger partial charge is 0.457 e. The lowest BCUT2D eigenvalue weighted by atomic mass is 9.90. The lowest BCUT2D eigenvalue weighted by molar-refractivity contribution is 0.483. The van der Waals surface area contributed by atoms with Gasteiger partial charge in [0.1, 0.15) is 11.5 Å². The number of benzene rings is 5. The molecule has 3 heteroatoms. The van der Waals surface area contributed by atoms with E-state index in [0.29, 0.717) is 0 Å². The molecule has 0 N–H and O–H groups in total. The zero-order valence-electron chi connectivity index (χ0n) is 24.4. The molecule has 0 saturated carbocycles. The predicted molar refractivity (Wildman–Crippen MR) is 180 cm³/mol. The van der Waals surface area contributed by atoms with Gasteiger partial charge < -0.3 is 4.74 Å². The number of rotatable bonds is 7. The van der Waals surface area contributed by atoms with Crippen molar-refractivity contribution < 1.29 is 4.74 Å². The predicted octanol–water partition coefficient (Wildman–Crippen LogP) is 10.9. The molecule has 0 amide bonds. The minimum Gasteiger partial charge on any atom is -0.457 e. The van der Waals surface area contributed by atoms with Crippen LogP contribution in [0.25, 0.3) is 55.9 Å². The third-order valence-corrected chi connectivity index (χ3v) is 7.80. The molecule has 0 unspecified atom stereocenters. The fourth-order valence-electron chi connectivity index (χ4n) is 5.52. The van der Waals surface area contributed by atoms with Crippen molar-refractivity contribution in [2.24, 2.45) is 0 Å². The summed E-state index contributed by atoms with van der Waals surface area (Å²) in [5, 5.41) is 0. The molecule has 5 aromatic carbocycles. The summed E-state index contributed by atoms with van der Waals surface area (Å²) in [6.07, 6.45) is 3.77. The van der Waals surface area contributed by atoms with Gasteiger partial charge in [0, 0.05) is 29.1 Å². The molecular formula is C41H30N2O. The fraction of sp³-hybridized carbons (Fsp3) is 0.0244. The maximum Gasteiger partial charge on any atom is 0.128 e. The number of aromatic nitrogens is 2. The number of pyridine rings is 2. The normalized spacial score (nSPS) is 10.8. The zero-order valence-corrected chi connectivity index (χ0v) is 24.4. The van der Waals surface area contributed by atoms with E-state index >= 15 is 0 Å². The van der Waals surface area contributed by atoms with E-state index in [1.54, 1.807) is 6.20 Å². The van der Waals surface area contributed by atoms with Crippen molar-refractivity contribution in [3.05, 3.63) is 170 Å². The second-order valence-corrected chi connectivity index (χ2v) is 10.7. The Balaban J connectivity index is 1.16. The SMILES string of the molecule is Cc1ccc(-c2ccccc2)cc1-c1ccccc1-c1ccc(-c2cccc(Oc3cccc(-c4ccccn4)c3)c2)nc1. The quantitative estimate of drug-likeness (QED) is 0.192. The molecular weight excluding hydrogens is 536 g/mol. The molecule has 7 aromatic rings. The number of nitrogens with zero attached hydrogens (tertiary/aromatic N) is 2. The van der Waals surface area contributed by atoms with Gasteiger partial charge in [0.25, 0.3) is 0 Å². The average molecular weight is 567 g/mol. The van der Waals surface area contributed by atoms with Crippen LogP contribution in [-0.2, 0) is 0 Å². The fourth-order valence-corrected chi connectivity index (χ4v) is 5.52. The minimum absolute atomic E-state index is 0.755. The summed E-state index contributed by atoms with van der Waals surface area (Å²) in [6.45, 7) is 2.17. The van der Waals surface area contributed by atoms with E-state index in [2.05, 4.69) is 103 Å². The molecule has 44 heavy (non-hydrogen) atoms. The number of hydrogen-bond acceptors (Lipinski definition) is 3. The van der Waals surface area contributed by atoms with Crippen molar-refractivity contribution in [1.82, 2.24) is 9.97 Å². The van der Waals surface area contributed by atoms with Crippen LogP contribution in [0.3, 0.4) is 0 Å². The van der Waals surface area contributed by atoms with Gasteiger partial charge in [-0.25, -0.2) is 0 Å². The highest BCUT2D eigenvalue weighted by atomic mass is 16.5. The standard InChI is InChI=1S/C41H30N2O/c1-29-20-21-31(30-11-3-2-4-12-30)27-39(29)38-18-6-5-17-37(38)34-22-23-41(43-28-34)33-14-10-16-36(26-33)44-35-15-9-13-32(25-35)40-19-7-8-24-42-40/h2-28H,1H3. The molecule has 7 rings (SSSR count). The second kappa shape index (κ2) is 12.2. The van der Waals surface area contributed by atoms with Crippen LogP contribution in [0.2, 0.25) is 0 Å². The molecule has 0 spiro atoms. The first kappa shape index (κ1) is 27.1. The van der Waals surface area contributed by atoms with Gasteiger partial charge in [0.15, 0.2) is 0 Å². The van der Waals surface area contributed by atoms with E-state index in [9.17, 15) is 0 Å². The third kappa shape index (κ3) is 5.77. The monoisotopic (exact) mass is 566 g/mol. The van der Waals surface area contributed by atoms with Gasteiger partial charge in [0.2, 0.25) is 0 Å². The maximum absolute atomic E-state index is 6.26. The van der Waals surface area contributed by atoms with Gasteiger partial charge in [0.05, 0.1) is 11.4 Å². The van der Waals surface area contributed by atoms with E-state index < -0.39 is 0 Å². The van der Waals surface area contributed by atoms with Gasteiger partial charge in [-0.2, -0.15) is 0 Å². The van der Waals surface area contributed by atoms with Gasteiger partial charge in [-0.1, -0.05) is 103 Å². The van der Waals surface area contributed by atoms with Crippen LogP contribution < -0.4 is 4.74 Å². The summed E-state index contributed by atoms with van der Waals surface area (Å²) in [4.78, 5) is 9.34. The summed E-state index contributed by atoms with van der Waals surface area (Å²) < 4.78 is 6.26. The topological polar surface area (TPSA) is 35.0 Å². The molecule has 2 heterocycles. The van der Waals surface area contributed by atoms with Gasteiger partial charge in [-0.15, -0.1) is 0 Å². The first-order valence-electron chi connectivity index (χ1n) is 14.7. The summed E-state index contributed by atoms with van der Waals surface area (Å²) in [7, 11) is 0. The molecule has 210 valence electrons. The molecule has 0 aliphatic carbocycles. The number of aryl methyl sites for hydroxylation is 1. The maximum atomic E-state index is 6.26. The second-order valence-electron chi connectivity index (χ2n) is 10.7. The first-order chi connectivity index (χ1) is 21.7. The van der Waals surface area contributed by atoms with Gasteiger partial charge in [-0.05, 0) is 88.8 Å². The van der Waals surface area contributed by atoms with Crippen LogP contribution in [0.4, 0.5) is 0 Å². The third-order valence-electron chi connectivity index (χ3n) is 7.80. The highest BCUT2D eigenvalue weighted by molar-refractivity contribution is 5.87. The first-order valence-corrected chi connectivity index (χ1v) is 14.7. The molecule has 0 radical (unpaired) electrons. The lowest BCUT2D eigenvalue weighted by Crippen LogP contribution is -1.91. The average Bonchev–Trinajstić information content (AvgIpc) is 3.10. The Bertz CT molecular complexity index is 2030. The Kier molecular flexibility index (Phi) is 7.51. The molecule has 0 aliphatic heterocycles. The van der Waals surface area contributed by atoms with E-state index in [0.717, 1.165) is 45.1 Å². The van der Waals surface area contributed by atoms with Crippen molar-refractivity contribution in [2.75, 3.05) is 0 Å². The van der Waals surface area contributed by atoms with Crippen LogP contribution in [0.1, 0.15) is 5.56 Å². The molecule has 2 aromatic heterocycles. The Labute approximate surface area is 258 Å². The van der Waals surface area contributed by atoms with Crippen molar-refractivity contribution in [2.45, 2.75) is 6.92 Å². The van der Waals surface area contributed by atoms with Crippen molar-refractivity contribution in [3.8, 4) is 67.4 Å². The van der Waals surface area contributed by atoms with E-state index in [1.165, 1.54) is 27.8 Å². The smallest absolute Gasteiger partial charge is 0.128 e. The summed E-state index contributed by atoms with van der Waals surface area (Å²) >= 11 is 0. The summed E-state index contributed by atoms with van der Waals surface area (Å²) in [5.41, 5.74) is 12.1. The van der Waals surface area contributed by atoms with Crippen LogP contribution >= 0.6 is 0 Å². The van der Waals surface area contributed by atoms with Crippen LogP contribution in [0.5, 0.6) is 11.5 Å². The van der Waals surface area contributed by atoms with E-state index in [1.807, 2.05) is 66.9 Å². The zero-order chi connectivity index (χ0) is 29.7. The van der Waals surface area contributed by atoms with Crippen LogP contribution in [0, 0.1) is 6.92 Å². The van der Waals surface area contributed by atoms with E-state index in [4.69, 9.17) is 9.72 Å². The number of hydrogen-bond donors (Lipinski definition) is 0. The highest BCUT2D eigenvalue weighted by Gasteiger charge is 2.12. The van der Waals surface area contributed by atoms with Crippen LogP contribution in [0.15, 0.2) is 164 Å². The van der Waals surface area contributed by atoms with Crippen molar-refractivity contribution >= 4 is 0 Å². The summed E-state index contributed by atoms with van der Waals surface area (Å²) in [5.74, 6) is 1.52. The number of ether oxygens (including phenoxy) is 1. The Morgan fingerprint density at radius 1 is 0.409 bits per heavy atom. The minimum atomic E-state index is 0.755. The summed E-state index contributed by atoms with van der Waals surface area (Å²) in [6, 6.07) is 52.0. The molecule has 3 nitrogen and oxygen atoms in total. The lowest BCUT2D eigenvalue weighted by Gasteiger charge is -2.14. The van der Waals surface area contributed by atoms with Crippen molar-refractivity contribution in [3.63, 3.8) is 0 Å². The molecule has 0 atom stereocenters. The van der Waals surface area contributed by atoms with Crippen LogP contribution in [-0.4, -0.2) is 9.97 Å².